The van der Waals surface area contributed by atoms with E-state index >= 15 is 0 Å². The molecular formula is C26H22F3N3O2. The zero-order valence-electron chi connectivity index (χ0n) is 18.7. The van der Waals surface area contributed by atoms with Crippen LogP contribution in [0.15, 0.2) is 59.1 Å². The van der Waals surface area contributed by atoms with Crippen LogP contribution in [0.1, 0.15) is 44.1 Å². The molecule has 0 unspecified atom stereocenters. The molecule has 1 aliphatic rings. The Balaban J connectivity index is 1.41. The molecule has 0 atom stereocenters. The number of benzene rings is 2. The fraction of sp³-hybridized carbons (Fsp3) is 0.231. The summed E-state index contributed by atoms with van der Waals surface area (Å²) in [7, 11) is 0. The van der Waals surface area contributed by atoms with Gasteiger partial charge in [-0.1, -0.05) is 35.9 Å². The van der Waals surface area contributed by atoms with E-state index in [4.69, 9.17) is 9.52 Å². The van der Waals surface area contributed by atoms with Gasteiger partial charge in [-0.25, -0.2) is 0 Å². The normalized spacial score (nSPS) is 12.9. The quantitative estimate of drug-likeness (QED) is 0.392. The third kappa shape index (κ3) is 4.11. The first-order chi connectivity index (χ1) is 16.2. The fourth-order valence-electron chi connectivity index (χ4n) is 4.30. The maximum Gasteiger partial charge on any atom is 0.416 e. The van der Waals surface area contributed by atoms with Crippen molar-refractivity contribution >= 4 is 11.6 Å². The second kappa shape index (κ2) is 8.20. The van der Waals surface area contributed by atoms with Crippen LogP contribution < -0.4 is 5.32 Å². The number of halogens is 3. The van der Waals surface area contributed by atoms with Crippen molar-refractivity contribution in [3.8, 4) is 11.3 Å². The van der Waals surface area contributed by atoms with Crippen molar-refractivity contribution in [2.45, 2.75) is 39.4 Å². The van der Waals surface area contributed by atoms with Crippen LogP contribution in [0.25, 0.3) is 11.3 Å². The molecule has 0 saturated carbocycles. The highest BCUT2D eigenvalue weighted by Gasteiger charge is 2.32. The molecule has 1 aliphatic carbocycles. The molecule has 0 bridgehead atoms. The summed E-state index contributed by atoms with van der Waals surface area (Å²) in [6.07, 6.45) is -1.12. The summed E-state index contributed by atoms with van der Waals surface area (Å²) >= 11 is 0. The van der Waals surface area contributed by atoms with Gasteiger partial charge in [0.15, 0.2) is 5.76 Å². The molecule has 5 rings (SSSR count). The van der Waals surface area contributed by atoms with E-state index in [1.165, 1.54) is 17.7 Å². The summed E-state index contributed by atoms with van der Waals surface area (Å²) in [6.45, 7) is 4.44. The molecule has 0 saturated heterocycles. The number of amides is 1. The first-order valence-electron chi connectivity index (χ1n) is 10.9. The van der Waals surface area contributed by atoms with Crippen molar-refractivity contribution in [3.63, 3.8) is 0 Å². The number of anilines is 1. The van der Waals surface area contributed by atoms with Crippen molar-refractivity contribution < 1.29 is 22.4 Å². The molecule has 1 N–H and O–H groups in total. The van der Waals surface area contributed by atoms with Crippen LogP contribution in [0.4, 0.5) is 18.9 Å². The third-order valence-corrected chi connectivity index (χ3v) is 6.03. The summed E-state index contributed by atoms with van der Waals surface area (Å²) in [6, 6.07) is 12.8. The molecule has 8 heteroatoms. The lowest BCUT2D eigenvalue weighted by molar-refractivity contribution is -0.137. The lowest BCUT2D eigenvalue weighted by Crippen LogP contribution is -2.13. The standard InChI is InChI=1S/C26H22F3N3O2/c1-15-6-8-17(9-7-15)13-32-14-18-10-11-21-22(23(18)31-32)16(2)24(34-21)25(33)30-20-5-3-4-19(12-20)26(27,28)29/h3-9,12,14H,10-11,13H2,1-2H3,(H,30,33). The van der Waals surface area contributed by atoms with E-state index in [2.05, 4.69) is 29.6 Å². The van der Waals surface area contributed by atoms with E-state index in [1.54, 1.807) is 6.92 Å². The lowest BCUT2D eigenvalue weighted by Gasteiger charge is -2.09. The SMILES string of the molecule is Cc1ccc(Cn2cc3c(n2)-c2c(oc(C(=O)Nc4cccc(C(F)(F)F)c4)c2C)CC3)cc1. The van der Waals surface area contributed by atoms with E-state index in [9.17, 15) is 18.0 Å². The first-order valence-corrected chi connectivity index (χ1v) is 10.9. The molecule has 0 aliphatic heterocycles. The Labute approximate surface area is 194 Å². The van der Waals surface area contributed by atoms with Crippen molar-refractivity contribution in [2.75, 3.05) is 5.32 Å². The number of fused-ring (bicyclic) bond motifs is 3. The van der Waals surface area contributed by atoms with Crippen LogP contribution in [-0.2, 0) is 25.6 Å². The van der Waals surface area contributed by atoms with Gasteiger partial charge in [0.1, 0.15) is 5.76 Å². The van der Waals surface area contributed by atoms with Gasteiger partial charge in [-0.2, -0.15) is 18.3 Å². The van der Waals surface area contributed by atoms with E-state index in [0.29, 0.717) is 24.3 Å². The number of carbonyl (C=O) groups is 1. The minimum atomic E-state index is -4.49. The maximum atomic E-state index is 13.0. The van der Waals surface area contributed by atoms with Crippen molar-refractivity contribution in [1.29, 1.82) is 0 Å². The fourth-order valence-corrected chi connectivity index (χ4v) is 4.30. The second-order valence-electron chi connectivity index (χ2n) is 8.57. The highest BCUT2D eigenvalue weighted by atomic mass is 19.4. The molecule has 4 aromatic rings. The minimum Gasteiger partial charge on any atom is -0.455 e. The molecule has 5 nitrogen and oxygen atoms in total. The minimum absolute atomic E-state index is 0.0525. The Kier molecular flexibility index (Phi) is 5.31. The Morgan fingerprint density at radius 3 is 2.62 bits per heavy atom. The van der Waals surface area contributed by atoms with Crippen LogP contribution >= 0.6 is 0 Å². The predicted octanol–water partition coefficient (Wildman–Crippen LogP) is 6.18. The van der Waals surface area contributed by atoms with Crippen molar-refractivity contribution in [3.05, 3.63) is 94.1 Å². The van der Waals surface area contributed by atoms with Crippen LogP contribution in [0, 0.1) is 13.8 Å². The number of carbonyl (C=O) groups excluding carboxylic acids is 1. The molecule has 2 aromatic carbocycles. The summed E-state index contributed by atoms with van der Waals surface area (Å²) in [5.41, 5.74) is 4.83. The van der Waals surface area contributed by atoms with Crippen LogP contribution in [0.2, 0.25) is 0 Å². The zero-order valence-corrected chi connectivity index (χ0v) is 18.7. The largest absolute Gasteiger partial charge is 0.455 e. The smallest absolute Gasteiger partial charge is 0.416 e. The van der Waals surface area contributed by atoms with Gasteiger partial charge in [0.2, 0.25) is 0 Å². The van der Waals surface area contributed by atoms with E-state index < -0.39 is 17.6 Å². The summed E-state index contributed by atoms with van der Waals surface area (Å²) < 4.78 is 46.8. The highest BCUT2D eigenvalue weighted by molar-refractivity contribution is 6.04. The Hall–Kier alpha value is -3.81. The molecule has 2 aromatic heterocycles. The number of aryl methyl sites for hydroxylation is 3. The number of nitrogens with zero attached hydrogens (tertiary/aromatic N) is 2. The molecule has 0 radical (unpaired) electrons. The average molecular weight is 465 g/mol. The molecular weight excluding hydrogens is 443 g/mol. The first kappa shape index (κ1) is 22.0. The summed E-state index contributed by atoms with van der Waals surface area (Å²) in [4.78, 5) is 12.9. The number of aromatic nitrogens is 2. The predicted molar refractivity (Wildman–Crippen MR) is 122 cm³/mol. The van der Waals surface area contributed by atoms with Gasteiger partial charge >= 0.3 is 6.18 Å². The lowest BCUT2D eigenvalue weighted by atomic mass is 9.93. The van der Waals surface area contributed by atoms with Crippen molar-refractivity contribution in [1.82, 2.24) is 9.78 Å². The number of alkyl halides is 3. The number of furan rings is 1. The Bertz CT molecular complexity index is 1380. The van der Waals surface area contributed by atoms with Gasteiger partial charge in [0.25, 0.3) is 5.91 Å². The zero-order chi connectivity index (χ0) is 24.0. The van der Waals surface area contributed by atoms with Crippen LogP contribution in [0.5, 0.6) is 0 Å². The summed E-state index contributed by atoms with van der Waals surface area (Å²) in [5.74, 6) is 0.162. The Morgan fingerprint density at radius 2 is 1.88 bits per heavy atom. The highest BCUT2D eigenvalue weighted by Crippen LogP contribution is 2.39. The monoisotopic (exact) mass is 465 g/mol. The molecule has 2 heterocycles. The Morgan fingerprint density at radius 1 is 1.12 bits per heavy atom. The van der Waals surface area contributed by atoms with Gasteiger partial charge in [-0.15, -0.1) is 0 Å². The molecule has 0 spiro atoms. The van der Waals surface area contributed by atoms with Crippen molar-refractivity contribution in [2.24, 2.45) is 0 Å². The number of rotatable bonds is 4. The maximum absolute atomic E-state index is 13.0. The molecule has 34 heavy (non-hydrogen) atoms. The van der Waals surface area contributed by atoms with Gasteiger partial charge in [0, 0.05) is 29.4 Å². The summed E-state index contributed by atoms with van der Waals surface area (Å²) in [5, 5.41) is 7.29. The third-order valence-electron chi connectivity index (χ3n) is 6.03. The van der Waals surface area contributed by atoms with Gasteiger partial charge in [-0.3, -0.25) is 9.48 Å². The molecule has 174 valence electrons. The molecule has 0 fully saturated rings. The van der Waals surface area contributed by atoms with Gasteiger partial charge < -0.3 is 9.73 Å². The van der Waals surface area contributed by atoms with E-state index in [1.807, 2.05) is 17.8 Å². The number of hydrogen-bond donors (Lipinski definition) is 1. The molecule has 1 amide bonds. The average Bonchev–Trinajstić information content (AvgIpc) is 3.35. The van der Waals surface area contributed by atoms with E-state index in [-0.39, 0.29) is 11.4 Å². The number of hydrogen-bond acceptors (Lipinski definition) is 3. The van der Waals surface area contributed by atoms with Crippen LogP contribution in [0.3, 0.4) is 0 Å². The van der Waals surface area contributed by atoms with Crippen LogP contribution in [-0.4, -0.2) is 15.7 Å². The van der Waals surface area contributed by atoms with Gasteiger partial charge in [0.05, 0.1) is 17.8 Å². The van der Waals surface area contributed by atoms with E-state index in [0.717, 1.165) is 40.9 Å². The van der Waals surface area contributed by atoms with Gasteiger partial charge in [-0.05, 0) is 49.6 Å². The topological polar surface area (TPSA) is 60.1 Å². The second-order valence-corrected chi connectivity index (χ2v) is 8.57. The number of nitrogens with one attached hydrogen (secondary N) is 1.